The van der Waals surface area contributed by atoms with Crippen molar-refractivity contribution in [3.8, 4) is 0 Å². The Morgan fingerprint density at radius 3 is 2.50 bits per heavy atom. The van der Waals surface area contributed by atoms with E-state index in [2.05, 4.69) is 9.97 Å². The summed E-state index contributed by atoms with van der Waals surface area (Å²) in [6, 6.07) is 5.67. The van der Waals surface area contributed by atoms with E-state index in [1.54, 1.807) is 11.2 Å². The van der Waals surface area contributed by atoms with Crippen molar-refractivity contribution in [3.63, 3.8) is 0 Å². The summed E-state index contributed by atoms with van der Waals surface area (Å²) < 4.78 is 13.2. The molecule has 5 rings (SSSR count). The van der Waals surface area contributed by atoms with E-state index in [1.807, 2.05) is 4.90 Å². The maximum absolute atomic E-state index is 13.2. The largest absolute Gasteiger partial charge is 0.348 e. The van der Waals surface area contributed by atoms with E-state index >= 15 is 0 Å². The van der Waals surface area contributed by atoms with Crippen LogP contribution >= 0.6 is 0 Å². The number of halogens is 1. The quantitative estimate of drug-likeness (QED) is 0.868. The number of rotatable bonds is 2. The normalized spacial score (nSPS) is 20.9. The molecule has 1 aromatic carbocycles. The van der Waals surface area contributed by atoms with Crippen LogP contribution in [-0.4, -0.2) is 51.2 Å². The van der Waals surface area contributed by atoms with Gasteiger partial charge in [0.05, 0.1) is 17.6 Å². The number of carbonyl (C=O) groups excluding carboxylic acids is 2. The molecule has 0 radical (unpaired) electrons. The van der Waals surface area contributed by atoms with Crippen molar-refractivity contribution in [2.45, 2.75) is 37.6 Å². The molecule has 28 heavy (non-hydrogen) atoms. The minimum Gasteiger partial charge on any atom is -0.348 e. The number of likely N-dealkylation sites (tertiary alicyclic amines) is 1. The fourth-order valence-corrected chi connectivity index (χ4v) is 4.71. The highest BCUT2D eigenvalue weighted by molar-refractivity contribution is 5.94. The van der Waals surface area contributed by atoms with E-state index in [0.717, 1.165) is 30.7 Å². The summed E-state index contributed by atoms with van der Waals surface area (Å²) in [5.74, 6) is -0.0344. The minimum atomic E-state index is -0.424. The second-order valence-corrected chi connectivity index (χ2v) is 8.07. The first-order valence-corrected chi connectivity index (χ1v) is 9.97. The lowest BCUT2D eigenvalue weighted by Gasteiger charge is -2.50. The molecule has 0 atom stereocenters. The average Bonchev–Trinajstić information content (AvgIpc) is 3.45. The van der Waals surface area contributed by atoms with Gasteiger partial charge in [0.15, 0.2) is 0 Å². The minimum absolute atomic E-state index is 0.0898. The van der Waals surface area contributed by atoms with Crippen LogP contribution in [0.5, 0.6) is 0 Å². The zero-order valence-electron chi connectivity index (χ0n) is 15.7. The standard InChI is InChI=1S/C21H23FN4O2/c22-16-5-3-14(4-6-16)19(27)25-11-8-21(9-12-25)18-17(23-13-24-18)7-10-26(21)20(28)15-1-2-15/h3-6,13,15H,1-2,7-12H2,(H,23,24). The highest BCUT2D eigenvalue weighted by Gasteiger charge is 2.51. The second-order valence-electron chi connectivity index (χ2n) is 8.07. The zero-order valence-corrected chi connectivity index (χ0v) is 15.7. The van der Waals surface area contributed by atoms with Crippen molar-refractivity contribution in [1.29, 1.82) is 0 Å². The Balaban J connectivity index is 1.40. The Hall–Kier alpha value is -2.70. The molecule has 0 unspecified atom stereocenters. The Morgan fingerprint density at radius 1 is 1.11 bits per heavy atom. The third kappa shape index (κ3) is 2.72. The monoisotopic (exact) mass is 382 g/mol. The topological polar surface area (TPSA) is 69.3 Å². The molecule has 2 aromatic rings. The number of benzene rings is 1. The number of H-pyrrole nitrogens is 1. The number of imidazole rings is 1. The lowest BCUT2D eigenvalue weighted by atomic mass is 9.78. The first kappa shape index (κ1) is 17.4. The molecular formula is C21H23FN4O2. The van der Waals surface area contributed by atoms with E-state index < -0.39 is 5.54 Å². The number of piperidine rings is 1. The summed E-state index contributed by atoms with van der Waals surface area (Å²) >= 11 is 0. The highest BCUT2D eigenvalue weighted by Crippen LogP contribution is 2.45. The zero-order chi connectivity index (χ0) is 19.3. The fourth-order valence-electron chi connectivity index (χ4n) is 4.71. The first-order chi connectivity index (χ1) is 13.6. The maximum Gasteiger partial charge on any atom is 0.253 e. The molecule has 0 bridgehead atoms. The van der Waals surface area contributed by atoms with Crippen LogP contribution in [0.15, 0.2) is 30.6 Å². The van der Waals surface area contributed by atoms with E-state index in [1.165, 1.54) is 24.3 Å². The van der Waals surface area contributed by atoms with Crippen LogP contribution in [0.4, 0.5) is 4.39 Å². The van der Waals surface area contributed by atoms with Crippen LogP contribution in [0.2, 0.25) is 0 Å². The van der Waals surface area contributed by atoms with E-state index in [-0.39, 0.29) is 23.5 Å². The van der Waals surface area contributed by atoms with Crippen LogP contribution < -0.4 is 0 Å². The number of hydrogen-bond donors (Lipinski definition) is 1. The summed E-state index contributed by atoms with van der Waals surface area (Å²) in [5, 5.41) is 0. The molecule has 1 saturated heterocycles. The molecule has 2 amide bonds. The highest BCUT2D eigenvalue weighted by atomic mass is 19.1. The van der Waals surface area contributed by atoms with Crippen LogP contribution in [0.3, 0.4) is 0 Å². The number of nitrogens with one attached hydrogen (secondary N) is 1. The molecule has 7 heteroatoms. The lowest BCUT2D eigenvalue weighted by Crippen LogP contribution is -2.59. The molecule has 1 aromatic heterocycles. The summed E-state index contributed by atoms with van der Waals surface area (Å²) in [7, 11) is 0. The van der Waals surface area contributed by atoms with E-state index in [0.29, 0.717) is 38.0 Å². The van der Waals surface area contributed by atoms with Gasteiger partial charge in [-0.1, -0.05) is 0 Å². The Morgan fingerprint density at radius 2 is 1.82 bits per heavy atom. The molecule has 146 valence electrons. The predicted molar refractivity (Wildman–Crippen MR) is 99.9 cm³/mol. The Kier molecular flexibility index (Phi) is 4.00. The van der Waals surface area contributed by atoms with Gasteiger partial charge in [0.25, 0.3) is 5.91 Å². The van der Waals surface area contributed by atoms with Gasteiger partial charge in [-0.3, -0.25) is 9.59 Å². The van der Waals surface area contributed by atoms with Crippen LogP contribution in [-0.2, 0) is 16.8 Å². The number of fused-ring (bicyclic) bond motifs is 2. The first-order valence-electron chi connectivity index (χ1n) is 9.97. The van der Waals surface area contributed by atoms with Crippen LogP contribution in [0.1, 0.15) is 47.4 Å². The number of amides is 2. The molecule has 1 N–H and O–H groups in total. The predicted octanol–water partition coefficient (Wildman–Crippen LogP) is 2.48. The fraction of sp³-hybridized carbons (Fsp3) is 0.476. The van der Waals surface area contributed by atoms with Crippen molar-refractivity contribution >= 4 is 11.8 Å². The van der Waals surface area contributed by atoms with Crippen LogP contribution in [0, 0.1) is 11.7 Å². The summed E-state index contributed by atoms with van der Waals surface area (Å²) in [6.45, 7) is 1.81. The number of aromatic amines is 1. The molecular weight excluding hydrogens is 359 g/mol. The summed E-state index contributed by atoms with van der Waals surface area (Å²) in [4.78, 5) is 37.5. The van der Waals surface area contributed by atoms with Gasteiger partial charge in [0, 0.05) is 43.2 Å². The molecule has 3 aliphatic rings. The van der Waals surface area contributed by atoms with E-state index in [9.17, 15) is 14.0 Å². The number of aromatic nitrogens is 2. The van der Waals surface area contributed by atoms with Gasteiger partial charge in [-0.25, -0.2) is 9.37 Å². The molecule has 3 heterocycles. The lowest BCUT2D eigenvalue weighted by molar-refractivity contribution is -0.143. The number of carbonyl (C=O) groups is 2. The smallest absolute Gasteiger partial charge is 0.253 e. The van der Waals surface area contributed by atoms with Gasteiger partial charge in [-0.2, -0.15) is 0 Å². The van der Waals surface area contributed by atoms with Gasteiger partial charge in [-0.05, 0) is 49.9 Å². The van der Waals surface area contributed by atoms with Gasteiger partial charge >= 0.3 is 0 Å². The van der Waals surface area contributed by atoms with Crippen molar-refractivity contribution in [2.75, 3.05) is 19.6 Å². The molecule has 1 aliphatic carbocycles. The van der Waals surface area contributed by atoms with Crippen LogP contribution in [0.25, 0.3) is 0 Å². The Labute approximate surface area is 162 Å². The molecule has 1 saturated carbocycles. The van der Waals surface area contributed by atoms with Crippen molar-refractivity contribution in [1.82, 2.24) is 19.8 Å². The molecule has 6 nitrogen and oxygen atoms in total. The molecule has 2 aliphatic heterocycles. The van der Waals surface area contributed by atoms with Crippen molar-refractivity contribution < 1.29 is 14.0 Å². The van der Waals surface area contributed by atoms with Gasteiger partial charge in [-0.15, -0.1) is 0 Å². The van der Waals surface area contributed by atoms with Gasteiger partial charge in [0.2, 0.25) is 5.91 Å². The summed E-state index contributed by atoms with van der Waals surface area (Å²) in [5.41, 5.74) is 2.15. The van der Waals surface area contributed by atoms with Crippen molar-refractivity contribution in [3.05, 3.63) is 53.4 Å². The molecule has 2 fully saturated rings. The summed E-state index contributed by atoms with van der Waals surface area (Å²) in [6.07, 6.45) is 5.83. The SMILES string of the molecule is O=C(c1ccc(F)cc1)N1CCC2(CC1)c1nc[nH]c1CCN2C(=O)C1CC1. The second kappa shape index (κ2) is 6.43. The van der Waals surface area contributed by atoms with Crippen molar-refractivity contribution in [2.24, 2.45) is 5.92 Å². The van der Waals surface area contributed by atoms with Gasteiger partial charge < -0.3 is 14.8 Å². The third-order valence-electron chi connectivity index (χ3n) is 6.42. The Bertz CT molecular complexity index is 911. The maximum atomic E-state index is 13.2. The number of hydrogen-bond acceptors (Lipinski definition) is 3. The number of nitrogens with zero attached hydrogens (tertiary/aromatic N) is 3. The average molecular weight is 382 g/mol. The van der Waals surface area contributed by atoms with E-state index in [4.69, 9.17) is 0 Å². The van der Waals surface area contributed by atoms with Gasteiger partial charge in [0.1, 0.15) is 5.82 Å². The molecule has 1 spiro atoms. The third-order valence-corrected chi connectivity index (χ3v) is 6.42.